The Kier molecular flexibility index (Phi) is 3.38. The molecule has 0 bridgehead atoms. The predicted octanol–water partition coefficient (Wildman–Crippen LogP) is 3.79. The second-order valence-electron chi connectivity index (χ2n) is 3.17. The molecule has 0 aliphatic heterocycles. The molecule has 1 aromatic heterocycles. The highest BCUT2D eigenvalue weighted by Gasteiger charge is 2.00. The van der Waals surface area contributed by atoms with Crippen molar-refractivity contribution < 1.29 is 4.74 Å². The lowest BCUT2D eigenvalue weighted by atomic mass is 10.2. The maximum atomic E-state index is 5.59. The molecule has 1 heterocycles. The highest BCUT2D eigenvalue weighted by atomic mass is 79.9. The minimum absolute atomic E-state index is 0.527. The predicted molar refractivity (Wildman–Crippen MR) is 65.3 cm³/mol. The molecule has 0 atom stereocenters. The molecule has 0 N–H and O–H groups in total. The molecule has 1 aromatic carbocycles. The third kappa shape index (κ3) is 3.04. The molecular formula is C11H10BrNOS. The van der Waals surface area contributed by atoms with Crippen LogP contribution in [-0.4, -0.2) is 4.98 Å². The normalized spacial score (nSPS) is 10.3. The van der Waals surface area contributed by atoms with Crippen molar-refractivity contribution in [1.29, 1.82) is 0 Å². The van der Waals surface area contributed by atoms with Crippen LogP contribution in [0.2, 0.25) is 0 Å². The van der Waals surface area contributed by atoms with Crippen LogP contribution in [0.3, 0.4) is 0 Å². The molecule has 0 unspecified atom stereocenters. The Balaban J connectivity index is 1.96. The van der Waals surface area contributed by atoms with Crippen molar-refractivity contribution in [1.82, 2.24) is 4.98 Å². The van der Waals surface area contributed by atoms with Crippen molar-refractivity contribution in [2.45, 2.75) is 13.5 Å². The lowest BCUT2D eigenvalue weighted by Crippen LogP contribution is -1.94. The molecule has 0 aliphatic rings. The highest BCUT2D eigenvalue weighted by Crippen LogP contribution is 2.18. The van der Waals surface area contributed by atoms with Crippen LogP contribution in [0.5, 0.6) is 5.75 Å². The van der Waals surface area contributed by atoms with Crippen LogP contribution in [0.4, 0.5) is 0 Å². The smallest absolute Gasteiger partial charge is 0.140 e. The molecule has 0 radical (unpaired) electrons. The Labute approximate surface area is 101 Å². The Morgan fingerprint density at radius 3 is 2.67 bits per heavy atom. The zero-order chi connectivity index (χ0) is 10.7. The molecule has 15 heavy (non-hydrogen) atoms. The van der Waals surface area contributed by atoms with E-state index >= 15 is 0 Å². The number of aryl methyl sites for hydroxylation is 1. The van der Waals surface area contributed by atoms with E-state index in [4.69, 9.17) is 4.74 Å². The van der Waals surface area contributed by atoms with Crippen molar-refractivity contribution in [3.63, 3.8) is 0 Å². The summed E-state index contributed by atoms with van der Waals surface area (Å²) in [6, 6.07) is 8.01. The number of aromatic nitrogens is 1. The van der Waals surface area contributed by atoms with E-state index in [-0.39, 0.29) is 0 Å². The number of thiazole rings is 1. The van der Waals surface area contributed by atoms with Gasteiger partial charge in [0.05, 0.1) is 0 Å². The fourth-order valence-corrected chi connectivity index (χ4v) is 2.31. The highest BCUT2D eigenvalue weighted by molar-refractivity contribution is 9.10. The summed E-state index contributed by atoms with van der Waals surface area (Å²) < 4.78 is 6.46. The third-order valence-corrected chi connectivity index (χ3v) is 3.44. The standard InChI is InChI=1S/C11H10BrNOS/c1-8-2-4-9(5-3-8)14-6-11-13-10(12)7-15-11/h2-5,7H,6H2,1H3. The summed E-state index contributed by atoms with van der Waals surface area (Å²) in [6.45, 7) is 2.58. The van der Waals surface area contributed by atoms with Crippen molar-refractivity contribution in [3.8, 4) is 5.75 Å². The fraction of sp³-hybridized carbons (Fsp3) is 0.182. The molecular weight excluding hydrogens is 274 g/mol. The average Bonchev–Trinajstić information content (AvgIpc) is 2.64. The molecule has 0 spiro atoms. The van der Waals surface area contributed by atoms with Gasteiger partial charge in [0.25, 0.3) is 0 Å². The van der Waals surface area contributed by atoms with Crippen molar-refractivity contribution in [2.75, 3.05) is 0 Å². The summed E-state index contributed by atoms with van der Waals surface area (Å²) in [4.78, 5) is 4.25. The molecule has 0 saturated carbocycles. The van der Waals surface area contributed by atoms with Gasteiger partial charge in [0.1, 0.15) is 22.0 Å². The number of benzene rings is 1. The lowest BCUT2D eigenvalue weighted by Gasteiger charge is -2.03. The van der Waals surface area contributed by atoms with E-state index < -0.39 is 0 Å². The number of hydrogen-bond donors (Lipinski definition) is 0. The summed E-state index contributed by atoms with van der Waals surface area (Å²) in [5.41, 5.74) is 1.24. The molecule has 2 aromatic rings. The van der Waals surface area contributed by atoms with Crippen LogP contribution in [0.1, 0.15) is 10.6 Å². The van der Waals surface area contributed by atoms with Gasteiger partial charge in [-0.3, -0.25) is 0 Å². The number of ether oxygens (including phenoxy) is 1. The summed E-state index contributed by atoms with van der Waals surface area (Å²) >= 11 is 4.90. The van der Waals surface area contributed by atoms with Gasteiger partial charge in [-0.25, -0.2) is 4.98 Å². The Hall–Kier alpha value is -0.870. The van der Waals surface area contributed by atoms with Gasteiger partial charge in [-0.05, 0) is 35.0 Å². The topological polar surface area (TPSA) is 22.1 Å². The number of nitrogens with zero attached hydrogens (tertiary/aromatic N) is 1. The van der Waals surface area contributed by atoms with Crippen LogP contribution in [0.15, 0.2) is 34.2 Å². The first kappa shape index (κ1) is 10.6. The molecule has 0 amide bonds. The lowest BCUT2D eigenvalue weighted by molar-refractivity contribution is 0.305. The second kappa shape index (κ2) is 4.77. The van der Waals surface area contributed by atoms with E-state index in [1.165, 1.54) is 5.56 Å². The monoisotopic (exact) mass is 283 g/mol. The van der Waals surface area contributed by atoms with Gasteiger partial charge in [-0.15, -0.1) is 11.3 Å². The minimum atomic E-state index is 0.527. The van der Waals surface area contributed by atoms with Gasteiger partial charge in [-0.1, -0.05) is 17.7 Å². The minimum Gasteiger partial charge on any atom is -0.486 e. The maximum absolute atomic E-state index is 5.59. The Morgan fingerprint density at radius 2 is 2.07 bits per heavy atom. The largest absolute Gasteiger partial charge is 0.486 e. The van der Waals surface area contributed by atoms with E-state index in [1.54, 1.807) is 11.3 Å². The van der Waals surface area contributed by atoms with Gasteiger partial charge >= 0.3 is 0 Å². The summed E-state index contributed by atoms with van der Waals surface area (Å²) in [7, 11) is 0. The first-order chi connectivity index (χ1) is 7.24. The van der Waals surface area contributed by atoms with Gasteiger partial charge in [-0.2, -0.15) is 0 Å². The number of rotatable bonds is 3. The molecule has 4 heteroatoms. The first-order valence-electron chi connectivity index (χ1n) is 4.53. The van der Waals surface area contributed by atoms with Crippen molar-refractivity contribution in [2.24, 2.45) is 0 Å². The maximum Gasteiger partial charge on any atom is 0.140 e. The fourth-order valence-electron chi connectivity index (χ4n) is 1.13. The molecule has 78 valence electrons. The summed E-state index contributed by atoms with van der Waals surface area (Å²) in [5, 5.41) is 2.93. The van der Waals surface area contributed by atoms with Crippen LogP contribution in [-0.2, 0) is 6.61 Å². The van der Waals surface area contributed by atoms with Crippen molar-refractivity contribution >= 4 is 27.3 Å². The molecule has 2 nitrogen and oxygen atoms in total. The number of halogens is 1. The molecule has 2 rings (SSSR count). The Morgan fingerprint density at radius 1 is 1.33 bits per heavy atom. The van der Waals surface area contributed by atoms with Gasteiger partial charge in [0, 0.05) is 5.38 Å². The van der Waals surface area contributed by atoms with Crippen LogP contribution in [0.25, 0.3) is 0 Å². The SMILES string of the molecule is Cc1ccc(OCc2nc(Br)cs2)cc1. The second-order valence-corrected chi connectivity index (χ2v) is 4.92. The van der Waals surface area contributed by atoms with E-state index in [1.807, 2.05) is 29.6 Å². The summed E-state index contributed by atoms with van der Waals surface area (Å²) in [6.07, 6.45) is 0. The van der Waals surface area contributed by atoms with E-state index in [2.05, 4.69) is 27.8 Å². The molecule has 0 aliphatic carbocycles. The van der Waals surface area contributed by atoms with E-state index in [9.17, 15) is 0 Å². The first-order valence-corrected chi connectivity index (χ1v) is 6.21. The van der Waals surface area contributed by atoms with Gasteiger partial charge in [0.2, 0.25) is 0 Å². The van der Waals surface area contributed by atoms with Crippen molar-refractivity contribution in [3.05, 3.63) is 44.8 Å². The van der Waals surface area contributed by atoms with Crippen LogP contribution >= 0.6 is 27.3 Å². The third-order valence-electron chi connectivity index (χ3n) is 1.91. The van der Waals surface area contributed by atoms with Crippen LogP contribution in [0, 0.1) is 6.92 Å². The summed E-state index contributed by atoms with van der Waals surface area (Å²) in [5.74, 6) is 0.881. The average molecular weight is 284 g/mol. The zero-order valence-electron chi connectivity index (χ0n) is 8.24. The molecule has 0 fully saturated rings. The van der Waals surface area contributed by atoms with E-state index in [0.29, 0.717) is 6.61 Å². The Bertz CT molecular complexity index is 438. The van der Waals surface area contributed by atoms with Crippen LogP contribution < -0.4 is 4.74 Å². The van der Waals surface area contributed by atoms with E-state index in [0.717, 1.165) is 15.4 Å². The van der Waals surface area contributed by atoms with Gasteiger partial charge < -0.3 is 4.74 Å². The van der Waals surface area contributed by atoms with Gasteiger partial charge in [0.15, 0.2) is 0 Å². The number of hydrogen-bond acceptors (Lipinski definition) is 3. The quantitative estimate of drug-likeness (QED) is 0.855. The zero-order valence-corrected chi connectivity index (χ0v) is 10.6. The molecule has 0 saturated heterocycles.